The second-order valence-electron chi connectivity index (χ2n) is 5.23. The number of hydrogen-bond donors (Lipinski definition) is 1. The lowest BCUT2D eigenvalue weighted by Crippen LogP contribution is -2.53. The summed E-state index contributed by atoms with van der Waals surface area (Å²) in [5.74, 6) is 1.20. The average Bonchev–Trinajstić information content (AvgIpc) is 2.41. The number of pyridine rings is 1. The molecule has 0 aromatic carbocycles. The lowest BCUT2D eigenvalue weighted by Gasteiger charge is -2.42. The zero-order chi connectivity index (χ0) is 12.5. The predicted molar refractivity (Wildman–Crippen MR) is 75.6 cm³/mol. The van der Waals surface area contributed by atoms with Crippen LogP contribution in [0.1, 0.15) is 30.9 Å². The Hall–Kier alpha value is -0.800. The number of hydrogen-bond acceptors (Lipinski definition) is 3. The Balaban J connectivity index is 2.02. The minimum absolute atomic E-state index is 0.620. The van der Waals surface area contributed by atoms with Gasteiger partial charge in [-0.3, -0.25) is 0 Å². The summed E-state index contributed by atoms with van der Waals surface area (Å²) in [7, 11) is 0. The van der Waals surface area contributed by atoms with Gasteiger partial charge in [-0.05, 0) is 30.4 Å². The van der Waals surface area contributed by atoms with E-state index < -0.39 is 0 Å². The maximum atomic E-state index is 6.32. The Morgan fingerprint density at radius 1 is 1.56 bits per heavy atom. The van der Waals surface area contributed by atoms with Gasteiger partial charge in [-0.25, -0.2) is 4.98 Å². The van der Waals surface area contributed by atoms with Crippen molar-refractivity contribution in [3.8, 4) is 0 Å². The van der Waals surface area contributed by atoms with E-state index in [2.05, 4.69) is 22.1 Å². The zero-order valence-corrected chi connectivity index (χ0v) is 11.6. The molecule has 0 saturated carbocycles. The van der Waals surface area contributed by atoms with Crippen LogP contribution in [0.2, 0.25) is 5.02 Å². The van der Waals surface area contributed by atoms with Crippen molar-refractivity contribution in [1.29, 1.82) is 0 Å². The van der Waals surface area contributed by atoms with E-state index in [0.717, 1.165) is 43.9 Å². The van der Waals surface area contributed by atoms with Crippen molar-refractivity contribution < 1.29 is 0 Å². The molecule has 18 heavy (non-hydrogen) atoms. The fraction of sp³-hybridized carbons (Fsp3) is 0.643. The largest absolute Gasteiger partial charge is 0.351 e. The molecule has 98 valence electrons. The first-order valence-corrected chi connectivity index (χ1v) is 7.32. The fourth-order valence-corrected chi connectivity index (χ4v) is 3.45. The highest BCUT2D eigenvalue weighted by Gasteiger charge is 2.31. The number of nitrogens with one attached hydrogen (secondary N) is 1. The third-order valence-corrected chi connectivity index (χ3v) is 4.40. The lowest BCUT2D eigenvalue weighted by molar-refractivity contribution is 0.435. The van der Waals surface area contributed by atoms with Crippen molar-refractivity contribution in [2.24, 2.45) is 0 Å². The van der Waals surface area contributed by atoms with Gasteiger partial charge in [-0.15, -0.1) is 0 Å². The van der Waals surface area contributed by atoms with Crippen LogP contribution in [-0.4, -0.2) is 30.7 Å². The van der Waals surface area contributed by atoms with Gasteiger partial charge in [-0.2, -0.15) is 0 Å². The van der Waals surface area contributed by atoms with E-state index in [-0.39, 0.29) is 0 Å². The zero-order valence-electron chi connectivity index (χ0n) is 10.9. The van der Waals surface area contributed by atoms with E-state index in [1.54, 1.807) is 0 Å². The van der Waals surface area contributed by atoms with Gasteiger partial charge in [0.05, 0.1) is 5.02 Å². The summed E-state index contributed by atoms with van der Waals surface area (Å²) in [6.07, 6.45) is 6.40. The van der Waals surface area contributed by atoms with E-state index in [4.69, 9.17) is 11.6 Å². The molecule has 0 bridgehead atoms. The highest BCUT2D eigenvalue weighted by atomic mass is 35.5. The van der Waals surface area contributed by atoms with Gasteiger partial charge in [0.25, 0.3) is 0 Å². The summed E-state index contributed by atoms with van der Waals surface area (Å²) >= 11 is 6.32. The van der Waals surface area contributed by atoms with Gasteiger partial charge in [0, 0.05) is 31.9 Å². The van der Waals surface area contributed by atoms with Crippen molar-refractivity contribution in [3.63, 3.8) is 0 Å². The second kappa shape index (κ2) is 5.06. The number of aromatic nitrogens is 1. The van der Waals surface area contributed by atoms with E-state index in [0.29, 0.717) is 6.04 Å². The molecule has 3 heterocycles. The SMILES string of the molecule is CCCc1c(Cl)cnc2c1CC[C@@H]1CNCCN21. The predicted octanol–water partition coefficient (Wildman–Crippen LogP) is 2.41. The highest BCUT2D eigenvalue weighted by molar-refractivity contribution is 6.31. The van der Waals surface area contributed by atoms with Crippen LogP contribution in [0.3, 0.4) is 0 Å². The molecule has 3 rings (SSSR count). The van der Waals surface area contributed by atoms with Crippen LogP contribution in [-0.2, 0) is 12.8 Å². The number of halogens is 1. The quantitative estimate of drug-likeness (QED) is 0.890. The second-order valence-corrected chi connectivity index (χ2v) is 5.63. The van der Waals surface area contributed by atoms with E-state index in [1.807, 2.05) is 6.20 Å². The molecule has 1 aromatic rings. The molecule has 1 saturated heterocycles. The topological polar surface area (TPSA) is 28.2 Å². The lowest BCUT2D eigenvalue weighted by atomic mass is 9.92. The van der Waals surface area contributed by atoms with Gasteiger partial charge >= 0.3 is 0 Å². The van der Waals surface area contributed by atoms with Gasteiger partial charge in [-0.1, -0.05) is 24.9 Å². The fourth-order valence-electron chi connectivity index (χ4n) is 3.19. The molecule has 1 aromatic heterocycles. The monoisotopic (exact) mass is 265 g/mol. The first-order valence-electron chi connectivity index (χ1n) is 6.95. The molecule has 2 aliphatic rings. The normalized spacial score (nSPS) is 22.6. The summed E-state index contributed by atoms with van der Waals surface area (Å²) in [4.78, 5) is 7.09. The molecule has 1 fully saturated rings. The number of anilines is 1. The van der Waals surface area contributed by atoms with Crippen LogP contribution in [0.25, 0.3) is 0 Å². The average molecular weight is 266 g/mol. The summed E-state index contributed by atoms with van der Waals surface area (Å²) in [6, 6.07) is 0.620. The van der Waals surface area contributed by atoms with Gasteiger partial charge in [0.15, 0.2) is 0 Å². The van der Waals surface area contributed by atoms with Gasteiger partial charge < -0.3 is 10.2 Å². The Labute approximate surface area is 114 Å². The third-order valence-electron chi connectivity index (χ3n) is 4.07. The first-order chi connectivity index (χ1) is 8.81. The van der Waals surface area contributed by atoms with Crippen LogP contribution in [0.15, 0.2) is 6.20 Å². The molecule has 0 aliphatic carbocycles. The third kappa shape index (κ3) is 1.99. The molecule has 0 unspecified atom stereocenters. The van der Waals surface area contributed by atoms with Crippen molar-refractivity contribution in [1.82, 2.24) is 10.3 Å². The standard InChI is InChI=1S/C14H20ClN3/c1-2-3-11-12-5-4-10-8-16-6-7-18(10)14(12)17-9-13(11)15/h9-10,16H,2-8H2,1H3/t10-/m1/s1. The minimum atomic E-state index is 0.620. The van der Waals surface area contributed by atoms with Crippen LogP contribution in [0.4, 0.5) is 5.82 Å². The Morgan fingerprint density at radius 3 is 3.28 bits per heavy atom. The summed E-state index contributed by atoms with van der Waals surface area (Å²) in [5, 5.41) is 4.32. The van der Waals surface area contributed by atoms with Crippen molar-refractivity contribution >= 4 is 17.4 Å². The Kier molecular flexibility index (Phi) is 3.44. The van der Waals surface area contributed by atoms with E-state index in [9.17, 15) is 0 Å². The molecular weight excluding hydrogens is 246 g/mol. The van der Waals surface area contributed by atoms with Crippen LogP contribution in [0, 0.1) is 0 Å². The summed E-state index contributed by atoms with van der Waals surface area (Å²) in [6.45, 7) is 5.42. The van der Waals surface area contributed by atoms with Crippen molar-refractivity contribution in [2.75, 3.05) is 24.5 Å². The molecule has 3 nitrogen and oxygen atoms in total. The molecule has 4 heteroatoms. The maximum Gasteiger partial charge on any atom is 0.132 e. The molecule has 0 spiro atoms. The van der Waals surface area contributed by atoms with Gasteiger partial charge in [0.1, 0.15) is 5.82 Å². The van der Waals surface area contributed by atoms with Crippen molar-refractivity contribution in [2.45, 2.75) is 38.6 Å². The van der Waals surface area contributed by atoms with Gasteiger partial charge in [0.2, 0.25) is 0 Å². The molecule has 0 amide bonds. The van der Waals surface area contributed by atoms with E-state index in [1.165, 1.54) is 23.4 Å². The Morgan fingerprint density at radius 2 is 2.44 bits per heavy atom. The van der Waals surface area contributed by atoms with Crippen LogP contribution in [0.5, 0.6) is 0 Å². The minimum Gasteiger partial charge on any atom is -0.351 e. The molecule has 0 radical (unpaired) electrons. The number of rotatable bonds is 2. The number of nitrogens with zero attached hydrogens (tertiary/aromatic N) is 2. The molecule has 2 aliphatic heterocycles. The molecular formula is C14H20ClN3. The Bertz CT molecular complexity index is 447. The summed E-state index contributed by atoms with van der Waals surface area (Å²) < 4.78 is 0. The van der Waals surface area contributed by atoms with Crippen molar-refractivity contribution in [3.05, 3.63) is 22.3 Å². The maximum absolute atomic E-state index is 6.32. The van der Waals surface area contributed by atoms with Crippen LogP contribution >= 0.6 is 11.6 Å². The van der Waals surface area contributed by atoms with E-state index >= 15 is 0 Å². The smallest absolute Gasteiger partial charge is 0.132 e. The van der Waals surface area contributed by atoms with Crippen LogP contribution < -0.4 is 10.2 Å². The molecule has 1 atom stereocenters. The molecule has 1 N–H and O–H groups in total. The number of fused-ring (bicyclic) bond motifs is 3. The number of piperazine rings is 1. The highest BCUT2D eigenvalue weighted by Crippen LogP contribution is 2.35. The first kappa shape index (κ1) is 12.2. The summed E-state index contributed by atoms with van der Waals surface area (Å²) in [5.41, 5.74) is 2.74.